The van der Waals surface area contributed by atoms with Crippen molar-refractivity contribution in [1.82, 2.24) is 15.0 Å². The van der Waals surface area contributed by atoms with Gasteiger partial charge in [0.25, 0.3) is 0 Å². The summed E-state index contributed by atoms with van der Waals surface area (Å²) in [6, 6.07) is 7.47. The van der Waals surface area contributed by atoms with Crippen LogP contribution >= 0.6 is 11.6 Å². The Balaban J connectivity index is 1.37. The fourth-order valence-corrected chi connectivity index (χ4v) is 7.77. The van der Waals surface area contributed by atoms with Crippen LogP contribution in [0.5, 0.6) is 0 Å². The SMILES string of the molecule is CC(C)OC(=O)N1CC2CC(c3nc(-c4cc5c(cc4F)S(=O)(=O)C[C@H](N)C(=O)N5Cc4ccc(Cl)cc4)no3)(C2)C1. The summed E-state index contributed by atoms with van der Waals surface area (Å²) in [5.74, 6) is -1.79. The molecular weight excluding hydrogens is 589 g/mol. The van der Waals surface area contributed by atoms with Gasteiger partial charge >= 0.3 is 6.09 Å². The van der Waals surface area contributed by atoms with Crippen LogP contribution in [0.1, 0.15) is 38.1 Å². The first-order chi connectivity index (χ1) is 19.8. The number of nitrogens with zero attached hydrogens (tertiary/aromatic N) is 4. The topological polar surface area (TPSA) is 149 Å². The Bertz CT molecular complexity index is 1670. The molecule has 3 fully saturated rings. The van der Waals surface area contributed by atoms with Crippen LogP contribution in [0.15, 0.2) is 45.8 Å². The predicted molar refractivity (Wildman–Crippen MR) is 150 cm³/mol. The number of sulfone groups is 1. The Hall–Kier alpha value is -3.55. The van der Waals surface area contributed by atoms with Crippen LogP contribution in [-0.4, -0.2) is 66.4 Å². The molecule has 42 heavy (non-hydrogen) atoms. The van der Waals surface area contributed by atoms with Gasteiger partial charge in [-0.15, -0.1) is 0 Å². The number of carbonyl (C=O) groups excluding carboxylic acids is 2. The Morgan fingerprint density at radius 1 is 1.26 bits per heavy atom. The predicted octanol–water partition coefficient (Wildman–Crippen LogP) is 3.69. The van der Waals surface area contributed by atoms with E-state index in [2.05, 4.69) is 10.1 Å². The maximum absolute atomic E-state index is 15.6. The molecule has 2 saturated heterocycles. The van der Waals surface area contributed by atoms with Crippen LogP contribution in [0.2, 0.25) is 5.02 Å². The highest BCUT2D eigenvalue weighted by atomic mass is 35.5. The number of hydrogen-bond acceptors (Lipinski definition) is 9. The lowest BCUT2D eigenvalue weighted by Gasteiger charge is -2.53. The van der Waals surface area contributed by atoms with Crippen molar-refractivity contribution in [2.24, 2.45) is 11.7 Å². The second-order valence-electron chi connectivity index (χ2n) is 11.5. The zero-order chi connectivity index (χ0) is 30.0. The van der Waals surface area contributed by atoms with Crippen molar-refractivity contribution in [3.63, 3.8) is 0 Å². The molecule has 1 saturated carbocycles. The minimum absolute atomic E-state index is 0.0262. The van der Waals surface area contributed by atoms with E-state index in [1.807, 2.05) is 0 Å². The first kappa shape index (κ1) is 28.6. The fraction of sp³-hybridized carbons (Fsp3) is 0.429. The van der Waals surface area contributed by atoms with Gasteiger partial charge in [0.15, 0.2) is 9.84 Å². The van der Waals surface area contributed by atoms with Gasteiger partial charge in [0, 0.05) is 18.1 Å². The van der Waals surface area contributed by atoms with E-state index in [4.69, 9.17) is 26.6 Å². The second-order valence-corrected chi connectivity index (χ2v) is 14.0. The minimum atomic E-state index is -4.11. The van der Waals surface area contributed by atoms with Crippen molar-refractivity contribution < 1.29 is 31.7 Å². The summed E-state index contributed by atoms with van der Waals surface area (Å²) in [5, 5.41) is 4.51. The minimum Gasteiger partial charge on any atom is -0.447 e. The average Bonchev–Trinajstić information content (AvgIpc) is 3.40. The van der Waals surface area contributed by atoms with Gasteiger partial charge in [-0.1, -0.05) is 28.9 Å². The van der Waals surface area contributed by atoms with Crippen LogP contribution in [0.4, 0.5) is 14.9 Å². The summed E-state index contributed by atoms with van der Waals surface area (Å²) in [4.78, 5) is 32.9. The third-order valence-corrected chi connectivity index (χ3v) is 10.0. The standard InChI is InChI=1S/C28H29ClFN5O6S/c1-15(2)40-27(37)34-11-17-9-28(10-17,14-34)26-32-24(33-41-26)19-7-22-23(8-20(19)30)42(38,39)13-21(31)25(36)35(22)12-16-3-5-18(29)6-4-16/h3-8,15,17,21H,9-14,31H2,1-2H3/t17?,21-,28?/m0/s1. The van der Waals surface area contributed by atoms with Gasteiger partial charge in [0.1, 0.15) is 5.82 Å². The monoisotopic (exact) mass is 617 g/mol. The van der Waals surface area contributed by atoms with Gasteiger partial charge < -0.3 is 24.8 Å². The first-order valence-corrected chi connectivity index (χ1v) is 15.6. The molecule has 3 aromatic rings. The van der Waals surface area contributed by atoms with Crippen molar-refractivity contribution >= 4 is 39.1 Å². The maximum atomic E-state index is 15.6. The Labute approximate surface area is 246 Å². The van der Waals surface area contributed by atoms with Gasteiger partial charge in [-0.25, -0.2) is 17.6 Å². The van der Waals surface area contributed by atoms with E-state index in [9.17, 15) is 18.0 Å². The van der Waals surface area contributed by atoms with Crippen molar-refractivity contribution in [2.45, 2.75) is 55.7 Å². The number of benzene rings is 2. The summed E-state index contributed by atoms with van der Waals surface area (Å²) < 4.78 is 52.9. The summed E-state index contributed by atoms with van der Waals surface area (Å²) in [6.45, 7) is 4.42. The van der Waals surface area contributed by atoms with E-state index in [-0.39, 0.29) is 46.4 Å². The highest BCUT2D eigenvalue weighted by Crippen LogP contribution is 2.52. The lowest BCUT2D eigenvalue weighted by Crippen LogP contribution is -2.60. The summed E-state index contributed by atoms with van der Waals surface area (Å²) in [7, 11) is -4.11. The normalized spacial score (nSPS) is 24.7. The molecule has 222 valence electrons. The molecule has 0 spiro atoms. The molecule has 1 aliphatic carbocycles. The second kappa shape index (κ2) is 10.3. The van der Waals surface area contributed by atoms with Gasteiger partial charge in [0.05, 0.1) is 46.0 Å². The number of carbonyl (C=O) groups is 2. The van der Waals surface area contributed by atoms with Crippen molar-refractivity contribution in [3.8, 4) is 11.4 Å². The molecule has 2 bridgehead atoms. The molecule has 2 N–H and O–H groups in total. The molecule has 0 radical (unpaired) electrons. The number of halogens is 2. The zero-order valence-corrected chi connectivity index (χ0v) is 24.5. The number of hydrogen-bond donors (Lipinski definition) is 1. The molecule has 2 aromatic carbocycles. The van der Waals surface area contributed by atoms with Gasteiger partial charge in [-0.2, -0.15) is 4.98 Å². The van der Waals surface area contributed by atoms with E-state index in [1.54, 1.807) is 43.0 Å². The number of amides is 2. The first-order valence-electron chi connectivity index (χ1n) is 13.5. The molecule has 4 heterocycles. The van der Waals surface area contributed by atoms with Crippen LogP contribution in [0.3, 0.4) is 0 Å². The highest BCUT2D eigenvalue weighted by molar-refractivity contribution is 7.91. The molecule has 7 rings (SSSR count). The third kappa shape index (κ3) is 5.03. The number of ether oxygens (including phenoxy) is 1. The number of anilines is 1. The number of rotatable bonds is 5. The molecule has 14 heteroatoms. The highest BCUT2D eigenvalue weighted by Gasteiger charge is 2.56. The number of nitrogens with two attached hydrogens (primary N) is 1. The van der Waals surface area contributed by atoms with Crippen LogP contribution in [0.25, 0.3) is 11.4 Å². The smallest absolute Gasteiger partial charge is 0.410 e. The fourth-order valence-electron chi connectivity index (χ4n) is 6.08. The van der Waals surface area contributed by atoms with E-state index in [1.165, 1.54) is 11.0 Å². The van der Waals surface area contributed by atoms with Gasteiger partial charge in [-0.3, -0.25) is 4.79 Å². The molecular formula is C28H29ClFN5O6S. The molecule has 0 unspecified atom stereocenters. The zero-order valence-electron chi connectivity index (χ0n) is 22.9. The summed E-state index contributed by atoms with van der Waals surface area (Å²) in [6.07, 6.45) is 0.779. The molecule has 4 aliphatic rings. The summed E-state index contributed by atoms with van der Waals surface area (Å²) in [5.41, 5.74) is 5.90. The number of fused-ring (bicyclic) bond motifs is 3. The summed E-state index contributed by atoms with van der Waals surface area (Å²) >= 11 is 6.00. The molecule has 3 aliphatic heterocycles. The van der Waals surface area contributed by atoms with E-state index < -0.39 is 44.9 Å². The Morgan fingerprint density at radius 3 is 2.67 bits per heavy atom. The van der Waals surface area contributed by atoms with E-state index >= 15 is 4.39 Å². The van der Waals surface area contributed by atoms with E-state index in [0.29, 0.717) is 23.7 Å². The maximum Gasteiger partial charge on any atom is 0.410 e. The number of aromatic nitrogens is 2. The quantitative estimate of drug-likeness (QED) is 0.452. The van der Waals surface area contributed by atoms with Crippen LogP contribution < -0.4 is 10.6 Å². The third-order valence-electron chi connectivity index (χ3n) is 7.96. The number of piperidine rings is 2. The largest absolute Gasteiger partial charge is 0.447 e. The lowest BCUT2D eigenvalue weighted by atomic mass is 9.58. The molecule has 2 amide bonds. The van der Waals surface area contributed by atoms with Gasteiger partial charge in [-0.05, 0) is 62.4 Å². The van der Waals surface area contributed by atoms with Crippen LogP contribution in [-0.2, 0) is 31.3 Å². The van der Waals surface area contributed by atoms with Crippen molar-refractivity contribution in [3.05, 3.63) is 58.7 Å². The molecule has 1 atom stereocenters. The molecule has 11 nitrogen and oxygen atoms in total. The Kier molecular flexibility index (Phi) is 7.02. The average molecular weight is 618 g/mol. The van der Waals surface area contributed by atoms with Crippen molar-refractivity contribution in [2.75, 3.05) is 23.7 Å². The van der Waals surface area contributed by atoms with E-state index in [0.717, 1.165) is 18.9 Å². The van der Waals surface area contributed by atoms with Crippen LogP contribution in [0, 0.1) is 11.7 Å². The molecule has 1 aromatic heterocycles. The van der Waals surface area contributed by atoms with Crippen molar-refractivity contribution in [1.29, 1.82) is 0 Å². The Morgan fingerprint density at radius 2 is 1.98 bits per heavy atom. The lowest BCUT2D eigenvalue weighted by molar-refractivity contribution is -0.119. The van der Waals surface area contributed by atoms with Gasteiger partial charge in [0.2, 0.25) is 17.6 Å².